The number of aromatic nitrogens is 1. The van der Waals surface area contributed by atoms with Crippen molar-refractivity contribution in [3.05, 3.63) is 59.9 Å². The zero-order chi connectivity index (χ0) is 17.2. The number of amides is 1. The molecule has 126 valence electrons. The average molecular weight is 324 g/mol. The smallest absolute Gasteiger partial charge is 0.271 e. The Hall–Kier alpha value is -2.69. The van der Waals surface area contributed by atoms with Crippen molar-refractivity contribution in [3.63, 3.8) is 0 Å². The summed E-state index contributed by atoms with van der Waals surface area (Å²) in [6.07, 6.45) is 7.06. The van der Waals surface area contributed by atoms with E-state index in [-0.39, 0.29) is 5.91 Å². The number of benzene rings is 1. The lowest BCUT2D eigenvalue weighted by atomic mass is 10.2. The number of hydrazone groups is 1. The molecule has 0 saturated heterocycles. The van der Waals surface area contributed by atoms with Gasteiger partial charge in [-0.1, -0.05) is 26.0 Å². The Morgan fingerprint density at radius 3 is 2.29 bits per heavy atom. The SMILES string of the molecule is CCCN(CCC)c1ccc(C=NNC(=O)c2ccncc2)cc1. The molecular weight excluding hydrogens is 300 g/mol. The molecule has 0 unspecified atom stereocenters. The van der Waals surface area contributed by atoms with E-state index in [0.717, 1.165) is 31.5 Å². The highest BCUT2D eigenvalue weighted by atomic mass is 16.2. The second-order valence-electron chi connectivity index (χ2n) is 5.51. The van der Waals surface area contributed by atoms with Gasteiger partial charge in [0.25, 0.3) is 5.91 Å². The van der Waals surface area contributed by atoms with Crippen LogP contribution >= 0.6 is 0 Å². The number of anilines is 1. The van der Waals surface area contributed by atoms with Gasteiger partial charge in [0.1, 0.15) is 0 Å². The minimum Gasteiger partial charge on any atom is -0.372 e. The van der Waals surface area contributed by atoms with Gasteiger partial charge in [-0.3, -0.25) is 9.78 Å². The van der Waals surface area contributed by atoms with Gasteiger partial charge in [-0.2, -0.15) is 5.10 Å². The lowest BCUT2D eigenvalue weighted by molar-refractivity contribution is 0.0955. The summed E-state index contributed by atoms with van der Waals surface area (Å²) in [5.41, 5.74) is 5.22. The Kier molecular flexibility index (Phi) is 6.95. The van der Waals surface area contributed by atoms with Crippen LogP contribution in [-0.2, 0) is 0 Å². The van der Waals surface area contributed by atoms with Gasteiger partial charge in [0.2, 0.25) is 0 Å². The number of hydrogen-bond donors (Lipinski definition) is 1. The van der Waals surface area contributed by atoms with Crippen LogP contribution in [-0.4, -0.2) is 30.2 Å². The minimum absolute atomic E-state index is 0.248. The molecule has 1 N–H and O–H groups in total. The fourth-order valence-electron chi connectivity index (χ4n) is 2.41. The maximum absolute atomic E-state index is 11.9. The van der Waals surface area contributed by atoms with E-state index in [1.54, 1.807) is 30.7 Å². The van der Waals surface area contributed by atoms with Crippen LogP contribution in [0.2, 0.25) is 0 Å². The van der Waals surface area contributed by atoms with Crippen LogP contribution in [0.4, 0.5) is 5.69 Å². The van der Waals surface area contributed by atoms with Crippen molar-refractivity contribution in [3.8, 4) is 0 Å². The third-order valence-corrected chi connectivity index (χ3v) is 3.57. The van der Waals surface area contributed by atoms with Crippen LogP contribution in [0.5, 0.6) is 0 Å². The first-order valence-electron chi connectivity index (χ1n) is 8.33. The fraction of sp³-hybridized carbons (Fsp3) is 0.316. The Balaban J connectivity index is 1.94. The van der Waals surface area contributed by atoms with E-state index < -0.39 is 0 Å². The third kappa shape index (κ3) is 5.19. The highest BCUT2D eigenvalue weighted by Crippen LogP contribution is 2.15. The first kappa shape index (κ1) is 17.7. The number of carbonyl (C=O) groups excluding carboxylic acids is 1. The normalized spacial score (nSPS) is 10.8. The predicted octanol–water partition coefficient (Wildman–Crippen LogP) is 3.47. The van der Waals surface area contributed by atoms with Crippen LogP contribution < -0.4 is 10.3 Å². The van der Waals surface area contributed by atoms with Gasteiger partial charge in [0.05, 0.1) is 6.21 Å². The summed E-state index contributed by atoms with van der Waals surface area (Å²) in [7, 11) is 0. The molecule has 5 nitrogen and oxygen atoms in total. The molecule has 1 amide bonds. The summed E-state index contributed by atoms with van der Waals surface area (Å²) in [6, 6.07) is 11.5. The number of nitrogens with one attached hydrogen (secondary N) is 1. The highest BCUT2D eigenvalue weighted by Gasteiger charge is 2.04. The molecule has 0 atom stereocenters. The van der Waals surface area contributed by atoms with Crippen molar-refractivity contribution in [1.82, 2.24) is 10.4 Å². The van der Waals surface area contributed by atoms with E-state index in [4.69, 9.17) is 0 Å². The Labute approximate surface area is 143 Å². The molecule has 0 aliphatic heterocycles. The van der Waals surface area contributed by atoms with Gasteiger partial charge in [0.15, 0.2) is 0 Å². The van der Waals surface area contributed by atoms with Gasteiger partial charge in [-0.05, 0) is 42.7 Å². The van der Waals surface area contributed by atoms with Crippen LogP contribution in [0.1, 0.15) is 42.6 Å². The van der Waals surface area contributed by atoms with Crippen LogP contribution in [0, 0.1) is 0 Å². The van der Waals surface area contributed by atoms with Crippen molar-refractivity contribution in [1.29, 1.82) is 0 Å². The maximum atomic E-state index is 11.9. The van der Waals surface area contributed by atoms with Gasteiger partial charge < -0.3 is 4.90 Å². The summed E-state index contributed by atoms with van der Waals surface area (Å²) in [5.74, 6) is -0.248. The highest BCUT2D eigenvalue weighted by molar-refractivity contribution is 5.94. The summed E-state index contributed by atoms with van der Waals surface area (Å²) in [5, 5.41) is 4.01. The molecule has 1 aromatic carbocycles. The first-order valence-corrected chi connectivity index (χ1v) is 8.33. The van der Waals surface area contributed by atoms with Crippen molar-refractivity contribution in [2.45, 2.75) is 26.7 Å². The Bertz CT molecular complexity index is 647. The molecule has 0 spiro atoms. The van der Waals surface area contributed by atoms with Crippen LogP contribution in [0.3, 0.4) is 0 Å². The molecule has 1 aromatic heterocycles. The third-order valence-electron chi connectivity index (χ3n) is 3.57. The quantitative estimate of drug-likeness (QED) is 0.597. The number of rotatable bonds is 8. The van der Waals surface area contributed by atoms with E-state index in [0.29, 0.717) is 5.56 Å². The number of carbonyl (C=O) groups is 1. The molecule has 0 aliphatic carbocycles. The Morgan fingerprint density at radius 1 is 1.08 bits per heavy atom. The van der Waals surface area contributed by atoms with Crippen molar-refractivity contribution in [2.75, 3.05) is 18.0 Å². The summed E-state index contributed by atoms with van der Waals surface area (Å²) in [4.78, 5) is 18.1. The molecule has 0 radical (unpaired) electrons. The molecule has 0 fully saturated rings. The maximum Gasteiger partial charge on any atom is 0.271 e. The van der Waals surface area contributed by atoms with Crippen molar-refractivity contribution in [2.24, 2.45) is 5.10 Å². The van der Waals surface area contributed by atoms with Gasteiger partial charge >= 0.3 is 0 Å². The van der Waals surface area contributed by atoms with Crippen molar-refractivity contribution < 1.29 is 4.79 Å². The number of pyridine rings is 1. The van der Waals surface area contributed by atoms with E-state index in [1.807, 2.05) is 12.1 Å². The van der Waals surface area contributed by atoms with E-state index in [2.05, 4.69) is 46.4 Å². The molecule has 0 aliphatic rings. The summed E-state index contributed by atoms with van der Waals surface area (Å²) in [6.45, 7) is 6.50. The van der Waals surface area contributed by atoms with E-state index >= 15 is 0 Å². The largest absolute Gasteiger partial charge is 0.372 e. The number of hydrogen-bond acceptors (Lipinski definition) is 4. The van der Waals surface area contributed by atoms with Crippen LogP contribution in [0.25, 0.3) is 0 Å². The predicted molar refractivity (Wildman–Crippen MR) is 98.5 cm³/mol. The second-order valence-corrected chi connectivity index (χ2v) is 5.51. The zero-order valence-corrected chi connectivity index (χ0v) is 14.3. The lowest BCUT2D eigenvalue weighted by Crippen LogP contribution is -2.24. The minimum atomic E-state index is -0.248. The van der Waals surface area contributed by atoms with Crippen LogP contribution in [0.15, 0.2) is 53.9 Å². The lowest BCUT2D eigenvalue weighted by Gasteiger charge is -2.23. The summed E-state index contributed by atoms with van der Waals surface area (Å²) < 4.78 is 0. The second kappa shape index (κ2) is 9.45. The average Bonchev–Trinajstić information content (AvgIpc) is 2.63. The molecule has 0 bridgehead atoms. The molecule has 2 rings (SSSR count). The molecule has 2 aromatic rings. The Morgan fingerprint density at radius 2 is 1.71 bits per heavy atom. The number of nitrogens with zero attached hydrogens (tertiary/aromatic N) is 3. The van der Waals surface area contributed by atoms with Gasteiger partial charge in [-0.25, -0.2) is 5.43 Å². The van der Waals surface area contributed by atoms with E-state index in [1.165, 1.54) is 5.69 Å². The standard InChI is InChI=1S/C19H24N4O/c1-3-13-23(14-4-2)18-7-5-16(6-8-18)15-21-22-19(24)17-9-11-20-12-10-17/h5-12,15H,3-4,13-14H2,1-2H3,(H,22,24). The molecular formula is C19H24N4O. The monoisotopic (exact) mass is 324 g/mol. The molecule has 1 heterocycles. The zero-order valence-electron chi connectivity index (χ0n) is 14.3. The topological polar surface area (TPSA) is 57.6 Å². The molecule has 5 heteroatoms. The summed E-state index contributed by atoms with van der Waals surface area (Å²) >= 11 is 0. The molecule has 0 saturated carbocycles. The molecule has 24 heavy (non-hydrogen) atoms. The van der Waals surface area contributed by atoms with Gasteiger partial charge in [0, 0.05) is 36.7 Å². The fourth-order valence-corrected chi connectivity index (χ4v) is 2.41. The van der Waals surface area contributed by atoms with E-state index in [9.17, 15) is 4.79 Å². The first-order chi connectivity index (χ1) is 11.7. The van der Waals surface area contributed by atoms with Gasteiger partial charge in [-0.15, -0.1) is 0 Å². The van der Waals surface area contributed by atoms with Crippen molar-refractivity contribution >= 4 is 17.8 Å².